The van der Waals surface area contributed by atoms with E-state index in [4.69, 9.17) is 54.3 Å². The SMILES string of the molecule is O.O.O=P([O-])([O-])O.O=S(=O)([O-])[O-].O=S(=O)([O-])[O-].[Ca+2].[Ca+2].[Ca+2]. The van der Waals surface area contributed by atoms with Gasteiger partial charge in [-0.05, 0) is 0 Å². The van der Waals surface area contributed by atoms with Crippen molar-refractivity contribution in [3.63, 3.8) is 0 Å². The first-order chi connectivity index (χ1) is 6.00. The first kappa shape index (κ1) is 49.5. The fourth-order valence-corrected chi connectivity index (χ4v) is 0. The van der Waals surface area contributed by atoms with E-state index in [2.05, 4.69) is 0 Å². The van der Waals surface area contributed by atoms with E-state index in [1.807, 2.05) is 0 Å². The fourth-order valence-electron chi connectivity index (χ4n) is 0. The molecule has 20 heavy (non-hydrogen) atoms. The number of hydrogen-bond donors (Lipinski definition) is 1. The zero-order chi connectivity index (χ0) is 13.5. The summed E-state index contributed by atoms with van der Waals surface area (Å²) >= 11 is 0. The Balaban J connectivity index is -0.0000000160. The third kappa shape index (κ3) is 722. The average molecular weight is 444 g/mol. The standard InChI is InChI=1S/3Ca.H3O4P.2H2O4S.2H2O/c;;;3*1-5(2,3)4;;/h;;;(H3,1,2,3,4);2*(H2,1,2,3,4);2*1H2/q3*+2;;;;;/p-6. The molecule has 0 aromatic heterocycles. The molecule has 0 atom stereocenters. The maximum absolute atomic E-state index is 8.66. The summed E-state index contributed by atoms with van der Waals surface area (Å²) in [4.78, 5) is 24.3. The molecule has 0 aliphatic heterocycles. The van der Waals surface area contributed by atoms with Gasteiger partial charge in [-0.3, -0.25) is 16.8 Å². The average Bonchev–Trinajstić information content (AvgIpc) is 1.41. The molecule has 0 aliphatic carbocycles. The summed E-state index contributed by atoms with van der Waals surface area (Å²) in [6.07, 6.45) is 0. The third-order valence-corrected chi connectivity index (χ3v) is 0. The van der Waals surface area contributed by atoms with Gasteiger partial charge in [-0.1, -0.05) is 0 Å². The molecule has 0 radical (unpaired) electrons. The summed E-state index contributed by atoms with van der Waals surface area (Å²) in [5.41, 5.74) is 0. The predicted octanol–water partition coefficient (Wildman–Crippen LogP) is -7.66. The monoisotopic (exact) mass is 444 g/mol. The fraction of sp³-hybridized carbons (Fsp3) is 0. The van der Waals surface area contributed by atoms with Crippen molar-refractivity contribution in [1.82, 2.24) is 0 Å². The minimum absolute atomic E-state index is 0. The molecule has 0 amide bonds. The molecular weight excluding hydrogens is 439 g/mol. The zero-order valence-corrected chi connectivity index (χ0v) is 18.5. The molecule has 0 saturated heterocycles. The van der Waals surface area contributed by atoms with Crippen LogP contribution in [0.5, 0.6) is 0 Å². The Morgan fingerprint density at radius 1 is 0.700 bits per heavy atom. The van der Waals surface area contributed by atoms with E-state index in [1.165, 1.54) is 0 Å². The van der Waals surface area contributed by atoms with Crippen LogP contribution in [-0.2, 0) is 25.4 Å². The molecule has 14 nitrogen and oxygen atoms in total. The molecule has 5 N–H and O–H groups in total. The van der Waals surface area contributed by atoms with Crippen molar-refractivity contribution in [2.24, 2.45) is 0 Å². The summed E-state index contributed by atoms with van der Waals surface area (Å²) in [7, 11) is -15.5. The molecule has 0 bridgehead atoms. The molecule has 0 aromatic rings. The van der Waals surface area contributed by atoms with Gasteiger partial charge in [0, 0.05) is 20.8 Å². The van der Waals surface area contributed by atoms with Crippen molar-refractivity contribution in [3.05, 3.63) is 0 Å². The minimum atomic E-state index is -5.17. The molecule has 0 aliphatic rings. The summed E-state index contributed by atoms with van der Waals surface area (Å²) in [6.45, 7) is 0. The van der Waals surface area contributed by atoms with E-state index in [0.717, 1.165) is 0 Å². The Kier molecular flexibility index (Phi) is 55.8. The van der Waals surface area contributed by atoms with E-state index >= 15 is 0 Å². The van der Waals surface area contributed by atoms with Crippen molar-refractivity contribution in [1.29, 1.82) is 0 Å². The van der Waals surface area contributed by atoms with Gasteiger partial charge >= 0.3 is 113 Å². The maximum atomic E-state index is 8.66. The summed E-state index contributed by atoms with van der Waals surface area (Å²) in [5, 5.41) is 0. The summed E-state index contributed by atoms with van der Waals surface area (Å²) < 4.78 is 76.8. The molecule has 0 saturated carbocycles. The molecule has 20 heteroatoms. The van der Waals surface area contributed by atoms with E-state index in [-0.39, 0.29) is 124 Å². The van der Waals surface area contributed by atoms with Crippen LogP contribution in [-0.4, -0.2) is 164 Å². The molecule has 0 aromatic carbocycles. The number of phosphoric acid groups is 1. The Labute approximate surface area is 203 Å². The van der Waals surface area contributed by atoms with E-state index in [9.17, 15) is 0 Å². The molecule has 0 unspecified atom stereocenters. The van der Waals surface area contributed by atoms with Crippen LogP contribution in [0.4, 0.5) is 0 Å². The summed E-state index contributed by atoms with van der Waals surface area (Å²) in [6, 6.07) is 0. The van der Waals surface area contributed by atoms with Crippen LogP contribution in [0.1, 0.15) is 0 Å². The van der Waals surface area contributed by atoms with E-state index < -0.39 is 28.6 Å². The first-order valence-electron chi connectivity index (χ1n) is 2.08. The molecule has 0 rings (SSSR count). The maximum Gasteiger partial charge on any atom is 2.00 e. The third-order valence-electron chi connectivity index (χ3n) is 0. The van der Waals surface area contributed by atoms with Gasteiger partial charge < -0.3 is 48.4 Å². The van der Waals surface area contributed by atoms with Gasteiger partial charge in [0.2, 0.25) is 0 Å². The Morgan fingerprint density at radius 3 is 0.700 bits per heavy atom. The van der Waals surface area contributed by atoms with E-state index in [1.54, 1.807) is 0 Å². The molecule has 112 valence electrons. The van der Waals surface area contributed by atoms with Gasteiger partial charge in [0.1, 0.15) is 0 Å². The largest absolute Gasteiger partial charge is 2.00 e. The van der Waals surface area contributed by atoms with Crippen LogP contribution in [0.3, 0.4) is 0 Å². The normalized spacial score (nSPS) is 8.75. The van der Waals surface area contributed by atoms with Gasteiger partial charge in [-0.25, -0.2) is 0 Å². The van der Waals surface area contributed by atoms with Gasteiger partial charge in [0.25, 0.3) is 0 Å². The van der Waals surface area contributed by atoms with Gasteiger partial charge in [0.05, 0.1) is 7.82 Å². The number of hydrogen-bond acceptors (Lipinski definition) is 11. The van der Waals surface area contributed by atoms with Gasteiger partial charge in [-0.15, -0.1) is 0 Å². The van der Waals surface area contributed by atoms with Crippen LogP contribution < -0.4 is 9.79 Å². The number of rotatable bonds is 0. The smallest absolute Gasteiger partial charge is 0.790 e. The van der Waals surface area contributed by atoms with Crippen LogP contribution in [0, 0.1) is 0 Å². The zero-order valence-electron chi connectivity index (χ0n) is 9.32. The van der Waals surface area contributed by atoms with E-state index in [0.29, 0.717) is 0 Å². The Hall–Kier alpha value is 3.55. The quantitative estimate of drug-likeness (QED) is 0.157. The first-order valence-corrected chi connectivity index (χ1v) is 6.24. The van der Waals surface area contributed by atoms with Crippen molar-refractivity contribution in [2.45, 2.75) is 0 Å². The van der Waals surface area contributed by atoms with Crippen LogP contribution in [0.15, 0.2) is 0 Å². The molecular formula is H5Ca3O14PS2. The van der Waals surface area contributed by atoms with Gasteiger partial charge in [0.15, 0.2) is 0 Å². The topological polar surface area (TPSA) is 307 Å². The van der Waals surface area contributed by atoms with Crippen molar-refractivity contribution < 1.29 is 65.2 Å². The summed E-state index contributed by atoms with van der Waals surface area (Å²) in [5.74, 6) is 0. The molecule has 0 spiro atoms. The Bertz CT molecular complexity index is 334. The second-order valence-corrected chi connectivity index (χ2v) is 3.86. The Morgan fingerprint density at radius 2 is 0.700 bits per heavy atom. The molecule has 0 fully saturated rings. The predicted molar refractivity (Wildman–Crippen MR) is 55.3 cm³/mol. The van der Waals surface area contributed by atoms with Crippen LogP contribution in [0.25, 0.3) is 0 Å². The second-order valence-electron chi connectivity index (χ2n) is 1.29. The van der Waals surface area contributed by atoms with Gasteiger partial charge in [-0.2, -0.15) is 0 Å². The van der Waals surface area contributed by atoms with Crippen molar-refractivity contribution >= 4 is 142 Å². The second kappa shape index (κ2) is 22.5. The molecule has 0 heterocycles. The van der Waals surface area contributed by atoms with Crippen molar-refractivity contribution in [3.8, 4) is 0 Å². The minimum Gasteiger partial charge on any atom is -0.790 e. The van der Waals surface area contributed by atoms with Crippen molar-refractivity contribution in [2.75, 3.05) is 0 Å². The van der Waals surface area contributed by atoms with Crippen LogP contribution >= 0.6 is 7.82 Å². The van der Waals surface area contributed by atoms with Crippen LogP contribution in [0.2, 0.25) is 0 Å².